The molecule has 1 saturated carbocycles. The van der Waals surface area contributed by atoms with E-state index in [1.165, 1.54) is 30.2 Å². The largest absolute Gasteiger partial charge is 0.349 e. The van der Waals surface area contributed by atoms with Gasteiger partial charge in [0.05, 0.1) is 11.8 Å². The Morgan fingerprint density at radius 3 is 2.64 bits per heavy atom. The topological polar surface area (TPSA) is 59.8 Å². The number of hydrogen-bond acceptors (Lipinski definition) is 4. The third-order valence-corrected chi connectivity index (χ3v) is 5.27. The molecule has 3 rings (SSSR count). The maximum absolute atomic E-state index is 12.2. The Morgan fingerprint density at radius 2 is 2.00 bits per heavy atom. The lowest BCUT2D eigenvalue weighted by molar-refractivity contribution is -0.119. The highest BCUT2D eigenvalue weighted by Gasteiger charge is 2.26. The van der Waals surface area contributed by atoms with Gasteiger partial charge < -0.3 is 9.88 Å². The number of nitrogens with zero attached hydrogens (tertiary/aromatic N) is 3. The third-order valence-electron chi connectivity index (χ3n) is 4.31. The Bertz CT molecular complexity index is 706. The molecule has 1 aromatic heterocycles. The van der Waals surface area contributed by atoms with Crippen molar-refractivity contribution in [1.29, 1.82) is 0 Å². The van der Waals surface area contributed by atoms with Crippen LogP contribution in [0.1, 0.15) is 56.8 Å². The van der Waals surface area contributed by atoms with Gasteiger partial charge >= 0.3 is 0 Å². The van der Waals surface area contributed by atoms with Crippen LogP contribution in [-0.4, -0.2) is 26.4 Å². The number of carbonyl (C=O) groups is 1. The first kappa shape index (κ1) is 18.0. The molecule has 1 unspecified atom stereocenters. The van der Waals surface area contributed by atoms with E-state index in [9.17, 15) is 4.79 Å². The van der Waals surface area contributed by atoms with Crippen LogP contribution in [0, 0.1) is 5.92 Å². The van der Waals surface area contributed by atoms with E-state index in [4.69, 9.17) is 0 Å². The van der Waals surface area contributed by atoms with Crippen molar-refractivity contribution >= 4 is 17.7 Å². The summed E-state index contributed by atoms with van der Waals surface area (Å²) in [6, 6.07) is 9.07. The van der Waals surface area contributed by atoms with Crippen LogP contribution in [0.15, 0.2) is 35.7 Å². The summed E-state index contributed by atoms with van der Waals surface area (Å²) < 4.78 is 2.08. The van der Waals surface area contributed by atoms with E-state index in [1.807, 2.05) is 6.92 Å². The Hall–Kier alpha value is -1.82. The number of amides is 1. The highest BCUT2D eigenvalue weighted by Crippen LogP contribution is 2.37. The highest BCUT2D eigenvalue weighted by molar-refractivity contribution is 7.99. The maximum Gasteiger partial charge on any atom is 0.230 e. The Kier molecular flexibility index (Phi) is 5.78. The number of nitrogens with one attached hydrogen (secondary N) is 1. The molecule has 1 atom stereocenters. The number of aromatic nitrogens is 3. The second-order valence-corrected chi connectivity index (χ2v) is 8.11. The molecule has 25 heavy (non-hydrogen) atoms. The second kappa shape index (κ2) is 8.04. The monoisotopic (exact) mass is 358 g/mol. The molecular formula is C19H26N4OS. The minimum Gasteiger partial charge on any atom is -0.349 e. The summed E-state index contributed by atoms with van der Waals surface area (Å²) >= 11 is 1.45. The van der Waals surface area contributed by atoms with E-state index in [-0.39, 0.29) is 11.9 Å². The minimum atomic E-state index is 0.00232. The van der Waals surface area contributed by atoms with Crippen LogP contribution in [-0.2, 0) is 11.2 Å². The first-order chi connectivity index (χ1) is 12.0. The molecule has 1 aliphatic rings. The van der Waals surface area contributed by atoms with Gasteiger partial charge in [-0.1, -0.05) is 49.9 Å². The van der Waals surface area contributed by atoms with E-state index in [1.54, 1.807) is 6.33 Å². The molecule has 6 heteroatoms. The predicted molar refractivity (Wildman–Crippen MR) is 101 cm³/mol. The van der Waals surface area contributed by atoms with E-state index >= 15 is 0 Å². The Labute approximate surface area is 153 Å². The molecule has 5 nitrogen and oxygen atoms in total. The van der Waals surface area contributed by atoms with Gasteiger partial charge in [0.1, 0.15) is 6.33 Å². The summed E-state index contributed by atoms with van der Waals surface area (Å²) in [4.78, 5) is 12.2. The lowest BCUT2D eigenvalue weighted by atomic mass is 10.00. The standard InChI is InChI=1S/C19H26N4OS/c1-13(2)10-15-4-6-16(7-5-15)14(3)21-18(24)11-25-19-22-20-12-23(19)17-8-9-17/h4-7,12-14,17H,8-11H2,1-3H3,(H,21,24). The summed E-state index contributed by atoms with van der Waals surface area (Å²) in [6.07, 6.45) is 5.21. The SMILES string of the molecule is CC(C)Cc1ccc(C(C)NC(=O)CSc2nncn2C2CC2)cc1. The van der Waals surface area contributed by atoms with Crippen molar-refractivity contribution in [3.8, 4) is 0 Å². The normalized spacial score (nSPS) is 15.4. The van der Waals surface area contributed by atoms with Crippen molar-refractivity contribution in [2.75, 3.05) is 5.75 Å². The molecule has 1 N–H and O–H groups in total. The smallest absolute Gasteiger partial charge is 0.230 e. The van der Waals surface area contributed by atoms with Crippen molar-refractivity contribution in [3.05, 3.63) is 41.7 Å². The number of thioether (sulfide) groups is 1. The van der Waals surface area contributed by atoms with Gasteiger partial charge in [-0.05, 0) is 43.2 Å². The van der Waals surface area contributed by atoms with Gasteiger partial charge in [0, 0.05) is 6.04 Å². The van der Waals surface area contributed by atoms with Crippen LogP contribution in [0.3, 0.4) is 0 Å². The summed E-state index contributed by atoms with van der Waals surface area (Å²) in [6.45, 7) is 6.46. The molecule has 1 amide bonds. The summed E-state index contributed by atoms with van der Waals surface area (Å²) in [5, 5.41) is 12.0. The number of rotatable bonds is 8. The van der Waals surface area contributed by atoms with Crippen LogP contribution >= 0.6 is 11.8 Å². The molecule has 1 fully saturated rings. The quantitative estimate of drug-likeness (QED) is 0.730. The maximum atomic E-state index is 12.2. The van der Waals surface area contributed by atoms with Gasteiger partial charge in [-0.15, -0.1) is 10.2 Å². The zero-order chi connectivity index (χ0) is 17.8. The van der Waals surface area contributed by atoms with Crippen molar-refractivity contribution in [2.24, 2.45) is 5.92 Å². The van der Waals surface area contributed by atoms with Gasteiger partial charge in [-0.2, -0.15) is 0 Å². The lowest BCUT2D eigenvalue weighted by Crippen LogP contribution is -2.28. The second-order valence-electron chi connectivity index (χ2n) is 7.17. The van der Waals surface area contributed by atoms with Gasteiger partial charge in [0.25, 0.3) is 0 Å². The lowest BCUT2D eigenvalue weighted by Gasteiger charge is -2.15. The van der Waals surface area contributed by atoms with Crippen LogP contribution < -0.4 is 5.32 Å². The molecule has 0 radical (unpaired) electrons. The summed E-state index contributed by atoms with van der Waals surface area (Å²) in [5.74, 6) is 1.04. The molecule has 2 aromatic rings. The zero-order valence-electron chi connectivity index (χ0n) is 15.1. The Morgan fingerprint density at radius 1 is 1.28 bits per heavy atom. The number of carbonyl (C=O) groups excluding carboxylic acids is 1. The van der Waals surface area contributed by atoms with Gasteiger partial charge in [0.2, 0.25) is 5.91 Å². The van der Waals surface area contributed by atoms with Crippen molar-refractivity contribution in [2.45, 2.75) is 57.3 Å². The summed E-state index contributed by atoms with van der Waals surface area (Å²) in [7, 11) is 0. The molecule has 1 aromatic carbocycles. The van der Waals surface area contributed by atoms with Gasteiger partial charge in [0.15, 0.2) is 5.16 Å². The molecule has 1 heterocycles. The van der Waals surface area contributed by atoms with Crippen LogP contribution in [0.25, 0.3) is 0 Å². The Balaban J connectivity index is 1.49. The van der Waals surface area contributed by atoms with Gasteiger partial charge in [-0.25, -0.2) is 0 Å². The van der Waals surface area contributed by atoms with E-state index in [2.05, 4.69) is 58.2 Å². The van der Waals surface area contributed by atoms with Crippen LogP contribution in [0.2, 0.25) is 0 Å². The molecule has 0 bridgehead atoms. The van der Waals surface area contributed by atoms with E-state index in [0.717, 1.165) is 17.1 Å². The first-order valence-electron chi connectivity index (χ1n) is 8.93. The summed E-state index contributed by atoms with van der Waals surface area (Å²) in [5.41, 5.74) is 2.47. The van der Waals surface area contributed by atoms with Crippen molar-refractivity contribution in [3.63, 3.8) is 0 Å². The number of hydrogen-bond donors (Lipinski definition) is 1. The average molecular weight is 359 g/mol. The average Bonchev–Trinajstić information content (AvgIpc) is 3.31. The third kappa shape index (κ3) is 5.08. The highest BCUT2D eigenvalue weighted by atomic mass is 32.2. The van der Waals surface area contributed by atoms with Crippen molar-refractivity contribution < 1.29 is 4.79 Å². The molecule has 0 saturated heterocycles. The fourth-order valence-electron chi connectivity index (χ4n) is 2.85. The van der Waals surface area contributed by atoms with E-state index in [0.29, 0.717) is 17.7 Å². The van der Waals surface area contributed by atoms with Crippen LogP contribution in [0.4, 0.5) is 0 Å². The van der Waals surface area contributed by atoms with Crippen LogP contribution in [0.5, 0.6) is 0 Å². The zero-order valence-corrected chi connectivity index (χ0v) is 15.9. The molecule has 0 spiro atoms. The molecule has 0 aliphatic heterocycles. The predicted octanol–water partition coefficient (Wildman–Crippen LogP) is 3.78. The minimum absolute atomic E-state index is 0.00232. The van der Waals surface area contributed by atoms with Crippen molar-refractivity contribution in [1.82, 2.24) is 20.1 Å². The molecule has 1 aliphatic carbocycles. The van der Waals surface area contributed by atoms with E-state index < -0.39 is 0 Å². The fourth-order valence-corrected chi connectivity index (χ4v) is 3.64. The molecular weight excluding hydrogens is 332 g/mol. The number of benzene rings is 1. The molecule has 134 valence electrons. The van der Waals surface area contributed by atoms with Gasteiger partial charge in [-0.3, -0.25) is 4.79 Å². The fraction of sp³-hybridized carbons (Fsp3) is 0.526. The first-order valence-corrected chi connectivity index (χ1v) is 9.92.